The summed E-state index contributed by atoms with van der Waals surface area (Å²) in [6.45, 7) is 4.25. The van der Waals surface area contributed by atoms with Crippen molar-refractivity contribution >= 4 is 11.0 Å². The van der Waals surface area contributed by atoms with Crippen LogP contribution in [0.3, 0.4) is 0 Å². The molecule has 2 N–H and O–H groups in total. The van der Waals surface area contributed by atoms with Crippen LogP contribution in [0.4, 0.5) is 0 Å². The van der Waals surface area contributed by atoms with Gasteiger partial charge in [-0.25, -0.2) is 0 Å². The average molecular weight is 279 g/mol. The number of aryl methyl sites for hydroxylation is 2. The standard InChI is InChI=1S/C19H21NO/c1-3-17-19(15-10-6-7-11-18(15)21-17)16(20)12-14-9-5-4-8-13(14)2/h4-11,16H,3,12,20H2,1-2H3. The van der Waals surface area contributed by atoms with Gasteiger partial charge in [0.2, 0.25) is 0 Å². The molecule has 1 atom stereocenters. The predicted octanol–water partition coefficient (Wildman–Crippen LogP) is 4.55. The summed E-state index contributed by atoms with van der Waals surface area (Å²) in [6, 6.07) is 16.6. The van der Waals surface area contributed by atoms with Crippen molar-refractivity contribution in [3.8, 4) is 0 Å². The van der Waals surface area contributed by atoms with E-state index in [4.69, 9.17) is 10.2 Å². The van der Waals surface area contributed by atoms with Crippen LogP contribution in [0.15, 0.2) is 52.9 Å². The fourth-order valence-corrected chi connectivity index (χ4v) is 2.96. The molecule has 0 amide bonds. The number of hydrogen-bond acceptors (Lipinski definition) is 2. The van der Waals surface area contributed by atoms with E-state index in [0.29, 0.717) is 0 Å². The Bertz CT molecular complexity index is 757. The first-order valence-electron chi connectivity index (χ1n) is 7.51. The zero-order valence-electron chi connectivity index (χ0n) is 12.6. The molecule has 0 aliphatic carbocycles. The first-order chi connectivity index (χ1) is 10.2. The zero-order chi connectivity index (χ0) is 14.8. The van der Waals surface area contributed by atoms with E-state index in [0.717, 1.165) is 35.1 Å². The van der Waals surface area contributed by atoms with Crippen LogP contribution in [0.1, 0.15) is 35.4 Å². The molecule has 0 radical (unpaired) electrons. The van der Waals surface area contributed by atoms with Gasteiger partial charge in [-0.15, -0.1) is 0 Å². The minimum absolute atomic E-state index is 0.0373. The van der Waals surface area contributed by atoms with E-state index in [1.807, 2.05) is 18.2 Å². The fourth-order valence-electron chi connectivity index (χ4n) is 2.96. The summed E-state index contributed by atoms with van der Waals surface area (Å²) in [5.41, 5.74) is 11.2. The first kappa shape index (κ1) is 13.9. The third kappa shape index (κ3) is 2.59. The molecule has 1 unspecified atom stereocenters. The third-order valence-electron chi connectivity index (χ3n) is 4.10. The molecule has 0 fully saturated rings. The maximum absolute atomic E-state index is 6.52. The Morgan fingerprint density at radius 1 is 1.05 bits per heavy atom. The van der Waals surface area contributed by atoms with Gasteiger partial charge >= 0.3 is 0 Å². The highest BCUT2D eigenvalue weighted by molar-refractivity contribution is 5.82. The lowest BCUT2D eigenvalue weighted by atomic mass is 9.94. The van der Waals surface area contributed by atoms with E-state index in [1.165, 1.54) is 11.1 Å². The third-order valence-corrected chi connectivity index (χ3v) is 4.10. The summed E-state index contributed by atoms with van der Waals surface area (Å²) in [6.07, 6.45) is 1.70. The molecule has 0 aliphatic rings. The second-order valence-electron chi connectivity index (χ2n) is 5.53. The molecule has 0 spiro atoms. The van der Waals surface area contributed by atoms with Crippen LogP contribution < -0.4 is 5.73 Å². The van der Waals surface area contributed by atoms with Crippen molar-refractivity contribution in [2.45, 2.75) is 32.7 Å². The molecule has 0 saturated carbocycles. The maximum atomic E-state index is 6.52. The number of hydrogen-bond donors (Lipinski definition) is 1. The van der Waals surface area contributed by atoms with Gasteiger partial charge in [-0.2, -0.15) is 0 Å². The predicted molar refractivity (Wildman–Crippen MR) is 87.4 cm³/mol. The van der Waals surface area contributed by atoms with Gasteiger partial charge in [0, 0.05) is 23.4 Å². The van der Waals surface area contributed by atoms with Crippen molar-refractivity contribution in [1.29, 1.82) is 0 Å². The van der Waals surface area contributed by atoms with Gasteiger partial charge in [0.1, 0.15) is 11.3 Å². The van der Waals surface area contributed by atoms with Crippen LogP contribution in [-0.2, 0) is 12.8 Å². The van der Waals surface area contributed by atoms with Gasteiger partial charge in [0.05, 0.1) is 0 Å². The number of para-hydroxylation sites is 1. The molecule has 0 bridgehead atoms. The number of rotatable bonds is 4. The number of fused-ring (bicyclic) bond motifs is 1. The Morgan fingerprint density at radius 2 is 1.76 bits per heavy atom. The molecule has 3 rings (SSSR count). The van der Waals surface area contributed by atoms with Gasteiger partial charge in [-0.1, -0.05) is 49.4 Å². The van der Waals surface area contributed by atoms with E-state index in [2.05, 4.69) is 44.2 Å². The van der Waals surface area contributed by atoms with Gasteiger partial charge in [-0.05, 0) is 30.5 Å². The summed E-state index contributed by atoms with van der Waals surface area (Å²) in [4.78, 5) is 0. The smallest absolute Gasteiger partial charge is 0.134 e. The molecular formula is C19H21NO. The molecule has 1 aromatic heterocycles. The SMILES string of the molecule is CCc1oc2ccccc2c1C(N)Cc1ccccc1C. The lowest BCUT2D eigenvalue weighted by molar-refractivity contribution is 0.540. The number of benzene rings is 2. The van der Waals surface area contributed by atoms with E-state index >= 15 is 0 Å². The molecule has 3 aromatic rings. The zero-order valence-corrected chi connectivity index (χ0v) is 12.6. The van der Waals surface area contributed by atoms with Crippen LogP contribution in [0.5, 0.6) is 0 Å². The molecule has 2 heteroatoms. The quantitative estimate of drug-likeness (QED) is 0.761. The van der Waals surface area contributed by atoms with Gasteiger partial charge < -0.3 is 10.2 Å². The Balaban J connectivity index is 2.01. The van der Waals surface area contributed by atoms with Gasteiger partial charge in [0.25, 0.3) is 0 Å². The van der Waals surface area contributed by atoms with Crippen molar-refractivity contribution in [1.82, 2.24) is 0 Å². The molecule has 21 heavy (non-hydrogen) atoms. The van der Waals surface area contributed by atoms with E-state index in [9.17, 15) is 0 Å². The Labute approximate surface area is 125 Å². The normalized spacial score (nSPS) is 12.7. The molecular weight excluding hydrogens is 258 g/mol. The molecule has 0 aliphatic heterocycles. The largest absolute Gasteiger partial charge is 0.461 e. The Morgan fingerprint density at radius 3 is 2.52 bits per heavy atom. The molecule has 2 nitrogen and oxygen atoms in total. The Kier molecular flexibility index (Phi) is 3.80. The van der Waals surface area contributed by atoms with Gasteiger partial charge in [0.15, 0.2) is 0 Å². The van der Waals surface area contributed by atoms with Crippen molar-refractivity contribution in [2.24, 2.45) is 5.73 Å². The number of nitrogens with two attached hydrogens (primary N) is 1. The van der Waals surface area contributed by atoms with Crippen molar-refractivity contribution in [3.05, 3.63) is 71.0 Å². The second-order valence-corrected chi connectivity index (χ2v) is 5.53. The lowest BCUT2D eigenvalue weighted by Gasteiger charge is -2.14. The highest BCUT2D eigenvalue weighted by Crippen LogP contribution is 2.32. The molecule has 2 aromatic carbocycles. The summed E-state index contributed by atoms with van der Waals surface area (Å²) in [5.74, 6) is 1.01. The topological polar surface area (TPSA) is 39.2 Å². The second kappa shape index (κ2) is 5.74. The number of furan rings is 1. The summed E-state index contributed by atoms with van der Waals surface area (Å²) < 4.78 is 5.96. The summed E-state index contributed by atoms with van der Waals surface area (Å²) in [5, 5.41) is 1.15. The first-order valence-corrected chi connectivity index (χ1v) is 7.51. The average Bonchev–Trinajstić information content (AvgIpc) is 2.88. The van der Waals surface area contributed by atoms with Crippen LogP contribution in [0.2, 0.25) is 0 Å². The Hall–Kier alpha value is -2.06. The van der Waals surface area contributed by atoms with Crippen LogP contribution in [0, 0.1) is 6.92 Å². The van der Waals surface area contributed by atoms with Gasteiger partial charge in [-0.3, -0.25) is 0 Å². The molecule has 0 saturated heterocycles. The highest BCUT2D eigenvalue weighted by atomic mass is 16.3. The maximum Gasteiger partial charge on any atom is 0.134 e. The monoisotopic (exact) mass is 279 g/mol. The van der Waals surface area contributed by atoms with Crippen molar-refractivity contribution < 1.29 is 4.42 Å². The van der Waals surface area contributed by atoms with Crippen molar-refractivity contribution in [3.63, 3.8) is 0 Å². The van der Waals surface area contributed by atoms with E-state index < -0.39 is 0 Å². The summed E-state index contributed by atoms with van der Waals surface area (Å²) in [7, 11) is 0. The van der Waals surface area contributed by atoms with Crippen LogP contribution in [0.25, 0.3) is 11.0 Å². The van der Waals surface area contributed by atoms with E-state index in [1.54, 1.807) is 0 Å². The van der Waals surface area contributed by atoms with Crippen molar-refractivity contribution in [2.75, 3.05) is 0 Å². The minimum Gasteiger partial charge on any atom is -0.461 e. The minimum atomic E-state index is -0.0373. The summed E-state index contributed by atoms with van der Waals surface area (Å²) >= 11 is 0. The molecule has 108 valence electrons. The van der Waals surface area contributed by atoms with Crippen LogP contribution in [-0.4, -0.2) is 0 Å². The van der Waals surface area contributed by atoms with E-state index in [-0.39, 0.29) is 6.04 Å². The lowest BCUT2D eigenvalue weighted by Crippen LogP contribution is -2.15. The highest BCUT2D eigenvalue weighted by Gasteiger charge is 2.19. The fraction of sp³-hybridized carbons (Fsp3) is 0.263. The van der Waals surface area contributed by atoms with Crippen LogP contribution >= 0.6 is 0 Å². The molecule has 1 heterocycles.